The van der Waals surface area contributed by atoms with Crippen LogP contribution in [0.25, 0.3) is 0 Å². The van der Waals surface area contributed by atoms with Crippen molar-refractivity contribution < 1.29 is 31.7 Å². The van der Waals surface area contributed by atoms with Crippen LogP contribution >= 0.6 is 0 Å². The summed E-state index contributed by atoms with van der Waals surface area (Å²) in [6.07, 6.45) is 3.79. The van der Waals surface area contributed by atoms with Crippen LogP contribution in [0.15, 0.2) is 72.9 Å². The lowest BCUT2D eigenvalue weighted by molar-refractivity contribution is -0.702. The zero-order chi connectivity index (χ0) is 24.1. The first kappa shape index (κ1) is 26.2. The lowest BCUT2D eigenvalue weighted by atomic mass is 10.1. The number of aliphatic hydroxyl groups is 1. The Balaban J connectivity index is 0.000000696. The number of anilines is 1. The minimum absolute atomic E-state index is 0.177. The summed E-state index contributed by atoms with van der Waals surface area (Å²) in [6, 6.07) is 22.8. The first-order valence-electron chi connectivity index (χ1n) is 10.7. The van der Waals surface area contributed by atoms with Crippen LogP contribution in [0, 0.1) is 6.92 Å². The average Bonchev–Trinajstić information content (AvgIpc) is 2.78. The Morgan fingerprint density at radius 2 is 1.48 bits per heavy atom. The van der Waals surface area contributed by atoms with Gasteiger partial charge in [-0.25, -0.2) is 0 Å². The Morgan fingerprint density at radius 1 is 0.909 bits per heavy atom. The van der Waals surface area contributed by atoms with E-state index in [2.05, 4.69) is 65.5 Å². The second kappa shape index (κ2) is 13.5. The van der Waals surface area contributed by atoms with Gasteiger partial charge in [-0.2, -0.15) is 4.57 Å². The van der Waals surface area contributed by atoms with E-state index in [0.717, 1.165) is 35.7 Å². The predicted molar refractivity (Wildman–Crippen MR) is 123 cm³/mol. The number of aryl methyl sites for hydroxylation is 2. The first-order valence-corrected chi connectivity index (χ1v) is 10.7. The number of aliphatic hydroxyl groups excluding tert-OH is 1. The van der Waals surface area contributed by atoms with Crippen LogP contribution in [0.1, 0.15) is 23.2 Å². The smallest absolute Gasteiger partial charge is 0.481 e. The fourth-order valence-corrected chi connectivity index (χ4v) is 3.17. The van der Waals surface area contributed by atoms with Gasteiger partial charge in [0.2, 0.25) is 11.4 Å². The summed E-state index contributed by atoms with van der Waals surface area (Å²) < 4.78 is 47.5. The monoisotopic (exact) mass is 464 g/mol. The largest absolute Gasteiger partial charge is 0.673 e. The van der Waals surface area contributed by atoms with E-state index in [1.807, 2.05) is 24.3 Å². The van der Waals surface area contributed by atoms with Gasteiger partial charge in [0.15, 0.2) is 12.7 Å². The fourth-order valence-electron chi connectivity index (χ4n) is 3.17. The summed E-state index contributed by atoms with van der Waals surface area (Å²) in [5, 5.41) is 12.5. The highest BCUT2D eigenvalue weighted by molar-refractivity contribution is 6.50. The number of halogens is 4. The zero-order valence-corrected chi connectivity index (χ0v) is 18.6. The van der Waals surface area contributed by atoms with Crippen LogP contribution in [0.2, 0.25) is 0 Å². The Labute approximate surface area is 192 Å². The van der Waals surface area contributed by atoms with Gasteiger partial charge >= 0.3 is 7.25 Å². The Bertz CT molecular complexity index is 952. The van der Waals surface area contributed by atoms with Crippen molar-refractivity contribution in [2.75, 3.05) is 18.5 Å². The fraction of sp³-hybridized carbons (Fsp3) is 0.292. The molecule has 2 aromatic carbocycles. The summed E-state index contributed by atoms with van der Waals surface area (Å²) >= 11 is 0. The van der Waals surface area contributed by atoms with Gasteiger partial charge in [0.05, 0.1) is 5.69 Å². The summed E-state index contributed by atoms with van der Waals surface area (Å²) in [4.78, 5) is 0. The lowest BCUT2D eigenvalue weighted by Gasteiger charge is -2.15. The molecular weight excluding hydrogens is 435 g/mol. The molecule has 178 valence electrons. The SMILES string of the molecule is Cc1c(OCc2ccccc2)c(NCCCO)cc[n+]1CCc1ccccc1.F[B-](F)(F)F. The molecule has 3 aromatic rings. The molecule has 0 radical (unpaired) electrons. The Hall–Kier alpha value is -3.07. The first-order chi connectivity index (χ1) is 15.8. The summed E-state index contributed by atoms with van der Waals surface area (Å²) in [5.74, 6) is 0.873. The number of rotatable bonds is 10. The molecule has 0 atom stereocenters. The highest BCUT2D eigenvalue weighted by atomic mass is 19.5. The molecule has 0 aliphatic carbocycles. The molecule has 0 unspecified atom stereocenters. The molecule has 0 aliphatic rings. The van der Waals surface area contributed by atoms with Crippen molar-refractivity contribution in [2.24, 2.45) is 0 Å². The predicted octanol–water partition coefficient (Wildman–Crippen LogP) is 5.20. The maximum atomic E-state index is 9.75. The van der Waals surface area contributed by atoms with Gasteiger partial charge in [-0.3, -0.25) is 0 Å². The van der Waals surface area contributed by atoms with Gasteiger partial charge in [-0.1, -0.05) is 60.7 Å². The molecule has 33 heavy (non-hydrogen) atoms. The van der Waals surface area contributed by atoms with E-state index in [1.54, 1.807) is 0 Å². The molecule has 1 heterocycles. The molecule has 2 N–H and O–H groups in total. The Morgan fingerprint density at radius 3 is 2.06 bits per heavy atom. The second-order valence-electron chi connectivity index (χ2n) is 7.35. The molecule has 0 spiro atoms. The van der Waals surface area contributed by atoms with Crippen molar-refractivity contribution in [3.63, 3.8) is 0 Å². The van der Waals surface area contributed by atoms with Gasteiger partial charge in [0.25, 0.3) is 0 Å². The number of pyridine rings is 1. The van der Waals surface area contributed by atoms with E-state index in [4.69, 9.17) is 9.84 Å². The molecule has 4 nitrogen and oxygen atoms in total. The number of nitrogens with one attached hydrogen (secondary N) is 1. The van der Waals surface area contributed by atoms with E-state index >= 15 is 0 Å². The average molecular weight is 464 g/mol. The molecule has 0 amide bonds. The quantitative estimate of drug-likeness (QED) is 0.188. The van der Waals surface area contributed by atoms with Crippen LogP contribution in [-0.4, -0.2) is 25.5 Å². The normalized spacial score (nSPS) is 10.8. The van der Waals surface area contributed by atoms with E-state index in [-0.39, 0.29) is 6.61 Å². The molecule has 9 heteroatoms. The highest BCUT2D eigenvalue weighted by Gasteiger charge is 2.20. The minimum Gasteiger partial charge on any atom is -0.481 e. The molecule has 0 bridgehead atoms. The number of hydrogen-bond donors (Lipinski definition) is 2. The minimum atomic E-state index is -6.00. The lowest BCUT2D eigenvalue weighted by Crippen LogP contribution is -2.38. The van der Waals surface area contributed by atoms with Crippen LogP contribution in [0.3, 0.4) is 0 Å². The molecule has 1 aromatic heterocycles. The zero-order valence-electron chi connectivity index (χ0n) is 18.6. The van der Waals surface area contributed by atoms with Crippen molar-refractivity contribution in [2.45, 2.75) is 32.9 Å². The maximum absolute atomic E-state index is 9.75. The summed E-state index contributed by atoms with van der Waals surface area (Å²) in [7, 11) is -6.00. The molecule has 0 saturated carbocycles. The van der Waals surface area contributed by atoms with Gasteiger partial charge < -0.3 is 32.4 Å². The number of nitrogens with zero attached hydrogens (tertiary/aromatic N) is 1. The third-order valence-corrected chi connectivity index (χ3v) is 4.79. The highest BCUT2D eigenvalue weighted by Crippen LogP contribution is 2.27. The standard InChI is InChI=1S/C24H28N2O2.BF4/c1-20-24(28-19-22-11-6-3-7-12-22)23(25-15-8-18-27)14-17-26(20)16-13-21-9-4-2-5-10-21;2-1(3,4)5/h2-7,9-12,14,17,27H,8,13,15-16,18-19H2,1H3;/q;-1/p+1. The van der Waals surface area contributed by atoms with E-state index < -0.39 is 7.25 Å². The van der Waals surface area contributed by atoms with Crippen molar-refractivity contribution >= 4 is 12.9 Å². The van der Waals surface area contributed by atoms with E-state index in [9.17, 15) is 17.3 Å². The Kier molecular flexibility index (Phi) is 10.7. The van der Waals surface area contributed by atoms with Crippen molar-refractivity contribution in [3.05, 3.63) is 89.7 Å². The van der Waals surface area contributed by atoms with Crippen LogP contribution in [0.4, 0.5) is 23.0 Å². The maximum Gasteiger partial charge on any atom is 0.673 e. The molecular formula is C24H29BF4N2O2. The molecule has 0 aliphatic heterocycles. The van der Waals surface area contributed by atoms with Crippen molar-refractivity contribution in [1.29, 1.82) is 0 Å². The number of hydrogen-bond acceptors (Lipinski definition) is 3. The molecule has 3 rings (SSSR count). The number of benzene rings is 2. The molecule has 0 fully saturated rings. The van der Waals surface area contributed by atoms with Gasteiger partial charge in [0, 0.05) is 32.6 Å². The second-order valence-corrected chi connectivity index (χ2v) is 7.35. The van der Waals surface area contributed by atoms with Crippen molar-refractivity contribution in [1.82, 2.24) is 0 Å². The summed E-state index contributed by atoms with van der Waals surface area (Å²) in [6.45, 7) is 4.41. The number of ether oxygens (including phenoxy) is 1. The third-order valence-electron chi connectivity index (χ3n) is 4.79. The third kappa shape index (κ3) is 10.4. The summed E-state index contributed by atoms with van der Waals surface area (Å²) in [5.41, 5.74) is 4.54. The topological polar surface area (TPSA) is 45.4 Å². The van der Waals surface area contributed by atoms with Crippen LogP contribution in [0.5, 0.6) is 5.75 Å². The van der Waals surface area contributed by atoms with E-state index in [1.165, 1.54) is 5.56 Å². The molecule has 0 saturated heterocycles. The number of aromatic nitrogens is 1. The van der Waals surface area contributed by atoms with Gasteiger partial charge in [-0.05, 0) is 17.5 Å². The van der Waals surface area contributed by atoms with Crippen LogP contribution < -0.4 is 14.6 Å². The van der Waals surface area contributed by atoms with Gasteiger partial charge in [0.1, 0.15) is 6.61 Å². The van der Waals surface area contributed by atoms with Crippen LogP contribution in [-0.2, 0) is 19.6 Å². The van der Waals surface area contributed by atoms with Crippen molar-refractivity contribution in [3.8, 4) is 5.75 Å². The van der Waals surface area contributed by atoms with E-state index in [0.29, 0.717) is 19.6 Å². The van der Waals surface area contributed by atoms with Gasteiger partial charge in [-0.15, -0.1) is 0 Å².